The van der Waals surface area contributed by atoms with Gasteiger partial charge in [0.15, 0.2) is 0 Å². The molecular formula is C33H33FO2. The summed E-state index contributed by atoms with van der Waals surface area (Å²) in [6, 6.07) is 18.0. The summed E-state index contributed by atoms with van der Waals surface area (Å²) in [5, 5.41) is 0. The third-order valence-corrected chi connectivity index (χ3v) is 8.79. The average Bonchev–Trinajstić information content (AvgIpc) is 3.31. The Balaban J connectivity index is 1.32. The summed E-state index contributed by atoms with van der Waals surface area (Å²) in [7, 11) is 0. The van der Waals surface area contributed by atoms with Crippen LogP contribution in [0.2, 0.25) is 0 Å². The Morgan fingerprint density at radius 1 is 1.00 bits per heavy atom. The molecular weight excluding hydrogens is 447 g/mol. The van der Waals surface area contributed by atoms with Gasteiger partial charge in [0.1, 0.15) is 24.5 Å². The lowest BCUT2D eigenvalue weighted by atomic mass is 9.79. The second-order valence-corrected chi connectivity index (χ2v) is 11.6. The van der Waals surface area contributed by atoms with Crippen molar-refractivity contribution >= 4 is 11.9 Å². The number of rotatable bonds is 6. The number of carbonyl (C=O) groups is 1. The largest absolute Gasteiger partial charge is 0.489 e. The highest BCUT2D eigenvalue weighted by molar-refractivity contribution is 5.85. The van der Waals surface area contributed by atoms with E-state index in [1.54, 1.807) is 6.07 Å². The third-order valence-electron chi connectivity index (χ3n) is 8.79. The van der Waals surface area contributed by atoms with Gasteiger partial charge < -0.3 is 9.53 Å². The number of hydrogen-bond acceptors (Lipinski definition) is 2. The molecule has 1 spiro atoms. The van der Waals surface area contributed by atoms with Crippen molar-refractivity contribution in [3.8, 4) is 16.9 Å². The first-order chi connectivity index (χ1) is 17.3. The molecule has 6 rings (SSSR count). The monoisotopic (exact) mass is 480 g/mol. The lowest BCUT2D eigenvalue weighted by Gasteiger charge is -2.25. The molecule has 3 aromatic carbocycles. The van der Waals surface area contributed by atoms with Crippen LogP contribution in [0.1, 0.15) is 67.3 Å². The van der Waals surface area contributed by atoms with E-state index >= 15 is 0 Å². The maximum atomic E-state index is 14.9. The molecule has 3 aliphatic rings. The Bertz CT molecular complexity index is 1400. The molecule has 3 aromatic rings. The predicted molar refractivity (Wildman–Crippen MR) is 143 cm³/mol. The maximum Gasteiger partial charge on any atom is 0.131 e. The minimum Gasteiger partial charge on any atom is -0.489 e. The van der Waals surface area contributed by atoms with Gasteiger partial charge >= 0.3 is 0 Å². The Morgan fingerprint density at radius 2 is 1.86 bits per heavy atom. The van der Waals surface area contributed by atoms with Gasteiger partial charge in [0.25, 0.3) is 0 Å². The number of fused-ring (bicyclic) bond motifs is 2. The SMILES string of the molecule is Cc1ccc(F)c(-c2ccc(COc3ccc4c(c3)[C@@]3(CC4)C[C@H]3C=O)cc2C2=CCCC2(C)C)c1. The van der Waals surface area contributed by atoms with Crippen molar-refractivity contribution in [2.75, 3.05) is 0 Å². The molecule has 0 aromatic heterocycles. The second kappa shape index (κ2) is 8.44. The van der Waals surface area contributed by atoms with Crippen LogP contribution in [0.4, 0.5) is 4.39 Å². The van der Waals surface area contributed by atoms with Gasteiger partial charge in [-0.25, -0.2) is 4.39 Å². The van der Waals surface area contributed by atoms with Crippen molar-refractivity contribution in [2.24, 2.45) is 11.3 Å². The lowest BCUT2D eigenvalue weighted by Crippen LogP contribution is -2.10. The van der Waals surface area contributed by atoms with Gasteiger partial charge in [-0.15, -0.1) is 0 Å². The fraction of sp³-hybridized carbons (Fsp3) is 0.364. The number of allylic oxidation sites excluding steroid dienone is 2. The molecule has 0 radical (unpaired) electrons. The standard InChI is InChI=1S/C33H33FO2/c1-21-6-11-31(34)28(15-21)26-10-7-22(16-27(26)29-5-4-13-32(29,2)3)20-36-25-9-8-23-12-14-33(30(23)17-25)18-24(33)19-35/h5-11,15-17,19,24H,4,12-14,18,20H2,1-3H3/t24-,33-/m0/s1. The highest BCUT2D eigenvalue weighted by Gasteiger charge is 2.58. The first kappa shape index (κ1) is 23.2. The molecule has 0 unspecified atom stereocenters. The van der Waals surface area contributed by atoms with E-state index in [9.17, 15) is 9.18 Å². The minimum absolute atomic E-state index is 0.0439. The van der Waals surface area contributed by atoms with Crippen LogP contribution in [-0.4, -0.2) is 6.29 Å². The van der Waals surface area contributed by atoms with Crippen LogP contribution in [-0.2, 0) is 23.2 Å². The van der Waals surface area contributed by atoms with Crippen LogP contribution in [0.25, 0.3) is 16.7 Å². The average molecular weight is 481 g/mol. The molecule has 0 aliphatic heterocycles. The summed E-state index contributed by atoms with van der Waals surface area (Å²) >= 11 is 0. The van der Waals surface area contributed by atoms with Gasteiger partial charge in [-0.1, -0.05) is 49.8 Å². The van der Waals surface area contributed by atoms with Crippen LogP contribution in [0.5, 0.6) is 5.75 Å². The second-order valence-electron chi connectivity index (χ2n) is 11.6. The van der Waals surface area contributed by atoms with E-state index in [2.05, 4.69) is 56.3 Å². The fourth-order valence-electron chi connectivity index (χ4n) is 6.54. The first-order valence-corrected chi connectivity index (χ1v) is 13.1. The fourth-order valence-corrected chi connectivity index (χ4v) is 6.54. The predicted octanol–water partition coefficient (Wildman–Crippen LogP) is 7.99. The summed E-state index contributed by atoms with van der Waals surface area (Å²) in [5.41, 5.74) is 8.86. The summed E-state index contributed by atoms with van der Waals surface area (Å²) in [5.74, 6) is 0.819. The smallest absolute Gasteiger partial charge is 0.131 e. The van der Waals surface area contributed by atoms with Gasteiger partial charge in [-0.2, -0.15) is 0 Å². The summed E-state index contributed by atoms with van der Waals surface area (Å²) < 4.78 is 21.2. The van der Waals surface area contributed by atoms with E-state index in [-0.39, 0.29) is 22.6 Å². The van der Waals surface area contributed by atoms with Crippen molar-refractivity contribution < 1.29 is 13.9 Å². The first-order valence-electron chi connectivity index (χ1n) is 13.1. The lowest BCUT2D eigenvalue weighted by molar-refractivity contribution is -0.109. The van der Waals surface area contributed by atoms with Crippen molar-refractivity contribution in [1.82, 2.24) is 0 Å². The van der Waals surface area contributed by atoms with Gasteiger partial charge in [-0.05, 0) is 108 Å². The highest BCUT2D eigenvalue weighted by atomic mass is 19.1. The molecule has 184 valence electrons. The normalized spacial score (nSPS) is 23.4. The van der Waals surface area contributed by atoms with Crippen molar-refractivity contribution in [1.29, 1.82) is 0 Å². The van der Waals surface area contributed by atoms with Crippen LogP contribution >= 0.6 is 0 Å². The topological polar surface area (TPSA) is 26.3 Å². The molecule has 3 heteroatoms. The number of benzene rings is 3. The Labute approximate surface area is 213 Å². The maximum absolute atomic E-state index is 14.9. The molecule has 0 bridgehead atoms. The molecule has 3 aliphatic carbocycles. The molecule has 36 heavy (non-hydrogen) atoms. The Kier molecular flexibility index (Phi) is 5.44. The summed E-state index contributed by atoms with van der Waals surface area (Å²) in [6.07, 6.45) is 8.66. The molecule has 0 saturated heterocycles. The van der Waals surface area contributed by atoms with Crippen LogP contribution in [0, 0.1) is 24.1 Å². The zero-order valence-electron chi connectivity index (χ0n) is 21.4. The van der Waals surface area contributed by atoms with E-state index in [1.807, 2.05) is 19.1 Å². The zero-order valence-corrected chi connectivity index (χ0v) is 21.4. The number of aldehydes is 1. The molecule has 0 heterocycles. The third kappa shape index (κ3) is 3.80. The van der Waals surface area contributed by atoms with E-state index < -0.39 is 0 Å². The van der Waals surface area contributed by atoms with Gasteiger partial charge in [0.2, 0.25) is 0 Å². The number of carbonyl (C=O) groups excluding carboxylic acids is 1. The quantitative estimate of drug-likeness (QED) is 0.334. The van der Waals surface area contributed by atoms with Crippen molar-refractivity contribution in [3.63, 3.8) is 0 Å². The minimum atomic E-state index is -0.192. The van der Waals surface area contributed by atoms with Crippen LogP contribution < -0.4 is 4.74 Å². The van der Waals surface area contributed by atoms with E-state index in [4.69, 9.17) is 4.74 Å². The summed E-state index contributed by atoms with van der Waals surface area (Å²) in [4.78, 5) is 11.4. The van der Waals surface area contributed by atoms with Crippen LogP contribution in [0.15, 0.2) is 60.7 Å². The van der Waals surface area contributed by atoms with E-state index in [0.29, 0.717) is 12.2 Å². The molecule has 1 fully saturated rings. The van der Waals surface area contributed by atoms with E-state index in [0.717, 1.165) is 66.4 Å². The summed E-state index contributed by atoms with van der Waals surface area (Å²) in [6.45, 7) is 7.00. The number of ether oxygens (including phenoxy) is 1. The Hall–Kier alpha value is -3.20. The Morgan fingerprint density at radius 3 is 2.61 bits per heavy atom. The van der Waals surface area contributed by atoms with Gasteiger partial charge in [-0.3, -0.25) is 0 Å². The van der Waals surface area contributed by atoms with E-state index in [1.165, 1.54) is 16.7 Å². The number of aryl methyl sites for hydroxylation is 2. The van der Waals surface area contributed by atoms with Gasteiger partial charge in [0.05, 0.1) is 0 Å². The molecule has 2 nitrogen and oxygen atoms in total. The number of halogens is 1. The molecule has 0 amide bonds. The van der Waals surface area contributed by atoms with Crippen LogP contribution in [0.3, 0.4) is 0 Å². The van der Waals surface area contributed by atoms with Crippen molar-refractivity contribution in [3.05, 3.63) is 94.3 Å². The van der Waals surface area contributed by atoms with Gasteiger partial charge in [0, 0.05) is 16.9 Å². The molecule has 0 N–H and O–H groups in total. The number of hydrogen-bond donors (Lipinski definition) is 0. The highest BCUT2D eigenvalue weighted by Crippen LogP contribution is 2.61. The molecule has 2 atom stereocenters. The van der Waals surface area contributed by atoms with Crippen molar-refractivity contribution in [2.45, 2.75) is 64.9 Å². The molecule has 1 saturated carbocycles. The zero-order chi connectivity index (χ0) is 25.1.